The van der Waals surface area contributed by atoms with Crippen molar-refractivity contribution in [1.82, 2.24) is 0 Å². The molecule has 0 radical (unpaired) electrons. The highest BCUT2D eigenvalue weighted by atomic mass is 16.4. The minimum absolute atomic E-state index is 0.805. The summed E-state index contributed by atoms with van der Waals surface area (Å²) in [6.45, 7) is 4.04. The molecule has 0 spiro atoms. The topological polar surface area (TPSA) is 37.3 Å². The number of hydrogen-bond donors (Lipinski definition) is 1. The van der Waals surface area contributed by atoms with E-state index < -0.39 is 5.97 Å². The molecule has 0 aliphatic rings. The zero-order valence-corrected chi connectivity index (χ0v) is 10.6. The molecule has 2 heteroatoms. The average molecular weight is 232 g/mol. The second-order valence-electron chi connectivity index (χ2n) is 4.40. The summed E-state index contributed by atoms with van der Waals surface area (Å²) in [5.41, 5.74) is 3.55. The molecule has 0 unspecified atom stereocenters. The van der Waals surface area contributed by atoms with E-state index in [9.17, 15) is 4.79 Å². The lowest BCUT2D eigenvalue weighted by atomic mass is 10.0. The van der Waals surface area contributed by atoms with Crippen molar-refractivity contribution >= 4 is 5.97 Å². The van der Waals surface area contributed by atoms with E-state index in [-0.39, 0.29) is 0 Å². The largest absolute Gasteiger partial charge is 0.478 e. The molecule has 1 aromatic rings. The van der Waals surface area contributed by atoms with Crippen LogP contribution in [0.5, 0.6) is 0 Å². The Kier molecular flexibility index (Phi) is 5.47. The van der Waals surface area contributed by atoms with Gasteiger partial charge in [0.1, 0.15) is 0 Å². The molecule has 0 fully saturated rings. The lowest BCUT2D eigenvalue weighted by Crippen LogP contribution is -1.93. The van der Waals surface area contributed by atoms with E-state index in [1.807, 2.05) is 6.92 Å². The standard InChI is InChI=1S/C15H20O2/c1-3-4-13-7-9-14(10-8-13)6-5-12(2)11-15(16)17/h7-11H,3-6H2,1-2H3,(H,16,17)/b12-11+. The Morgan fingerprint density at radius 3 is 2.18 bits per heavy atom. The summed E-state index contributed by atoms with van der Waals surface area (Å²) in [5.74, 6) is -0.860. The van der Waals surface area contributed by atoms with Crippen LogP contribution in [0.1, 0.15) is 37.8 Å². The maximum Gasteiger partial charge on any atom is 0.328 e. The maximum absolute atomic E-state index is 10.5. The second-order valence-corrected chi connectivity index (χ2v) is 4.40. The SMILES string of the molecule is CCCc1ccc(CC/C(C)=C/C(=O)O)cc1. The van der Waals surface area contributed by atoms with Crippen LogP contribution in [0.2, 0.25) is 0 Å². The Hall–Kier alpha value is -1.57. The van der Waals surface area contributed by atoms with Gasteiger partial charge in [0.2, 0.25) is 0 Å². The zero-order chi connectivity index (χ0) is 12.7. The molecule has 2 nitrogen and oxygen atoms in total. The molecule has 0 aromatic heterocycles. The van der Waals surface area contributed by atoms with Gasteiger partial charge < -0.3 is 5.11 Å². The third-order valence-corrected chi connectivity index (χ3v) is 2.74. The number of aliphatic carboxylic acids is 1. The summed E-state index contributed by atoms with van der Waals surface area (Å²) in [6.07, 6.45) is 5.28. The highest BCUT2D eigenvalue weighted by Gasteiger charge is 1.98. The molecule has 0 aliphatic heterocycles. The highest BCUT2D eigenvalue weighted by Crippen LogP contribution is 2.11. The van der Waals surface area contributed by atoms with Crippen molar-refractivity contribution in [3.8, 4) is 0 Å². The van der Waals surface area contributed by atoms with Crippen molar-refractivity contribution in [2.45, 2.75) is 39.5 Å². The van der Waals surface area contributed by atoms with Crippen molar-refractivity contribution in [2.24, 2.45) is 0 Å². The van der Waals surface area contributed by atoms with E-state index in [2.05, 4.69) is 31.2 Å². The van der Waals surface area contributed by atoms with Crippen LogP contribution in [0.25, 0.3) is 0 Å². The van der Waals surface area contributed by atoms with Gasteiger partial charge in [0, 0.05) is 6.08 Å². The third kappa shape index (κ3) is 5.34. The number of rotatable bonds is 6. The number of hydrogen-bond acceptors (Lipinski definition) is 1. The highest BCUT2D eigenvalue weighted by molar-refractivity contribution is 5.80. The van der Waals surface area contributed by atoms with Gasteiger partial charge in [-0.25, -0.2) is 4.79 Å². The zero-order valence-electron chi connectivity index (χ0n) is 10.6. The Balaban J connectivity index is 2.49. The molecule has 0 bridgehead atoms. The first kappa shape index (κ1) is 13.5. The van der Waals surface area contributed by atoms with E-state index >= 15 is 0 Å². The Labute approximate surface area is 103 Å². The molecule has 1 N–H and O–H groups in total. The van der Waals surface area contributed by atoms with Gasteiger partial charge in [0.15, 0.2) is 0 Å². The molecule has 0 saturated heterocycles. The quantitative estimate of drug-likeness (QED) is 0.761. The number of carboxylic acids is 1. The fourth-order valence-corrected chi connectivity index (χ4v) is 1.79. The fourth-order valence-electron chi connectivity index (χ4n) is 1.79. The number of carbonyl (C=O) groups is 1. The summed E-state index contributed by atoms with van der Waals surface area (Å²) >= 11 is 0. The Bertz CT molecular complexity index is 388. The van der Waals surface area contributed by atoms with Gasteiger partial charge in [-0.05, 0) is 37.3 Å². The first-order valence-corrected chi connectivity index (χ1v) is 6.09. The Morgan fingerprint density at radius 2 is 1.71 bits per heavy atom. The van der Waals surface area contributed by atoms with Gasteiger partial charge >= 0.3 is 5.97 Å². The molecule has 0 heterocycles. The maximum atomic E-state index is 10.5. The molecule has 17 heavy (non-hydrogen) atoms. The third-order valence-electron chi connectivity index (χ3n) is 2.74. The summed E-state index contributed by atoms with van der Waals surface area (Å²) in [4.78, 5) is 10.5. The predicted octanol–water partition coefficient (Wildman–Crippen LogP) is 3.60. The molecule has 0 aliphatic carbocycles. The molecule has 0 amide bonds. The first-order chi connectivity index (χ1) is 8.11. The van der Waals surface area contributed by atoms with Crippen molar-refractivity contribution in [3.05, 3.63) is 47.0 Å². The number of aryl methyl sites for hydroxylation is 2. The lowest BCUT2D eigenvalue weighted by Gasteiger charge is -2.03. The summed E-state index contributed by atoms with van der Waals surface area (Å²) in [7, 11) is 0. The fraction of sp³-hybridized carbons (Fsp3) is 0.400. The summed E-state index contributed by atoms with van der Waals surface area (Å²) in [6, 6.07) is 8.60. The number of allylic oxidation sites excluding steroid dienone is 1. The monoisotopic (exact) mass is 232 g/mol. The molecule has 1 rings (SSSR count). The van der Waals surface area contributed by atoms with E-state index in [1.54, 1.807) is 0 Å². The van der Waals surface area contributed by atoms with Gasteiger partial charge in [-0.1, -0.05) is 43.2 Å². The van der Waals surface area contributed by atoms with Crippen LogP contribution >= 0.6 is 0 Å². The molecular formula is C15H20O2. The van der Waals surface area contributed by atoms with Gasteiger partial charge in [0.05, 0.1) is 0 Å². The van der Waals surface area contributed by atoms with E-state index in [1.165, 1.54) is 23.6 Å². The normalized spacial score (nSPS) is 11.5. The van der Waals surface area contributed by atoms with Crippen molar-refractivity contribution in [3.63, 3.8) is 0 Å². The van der Waals surface area contributed by atoms with Gasteiger partial charge in [0.25, 0.3) is 0 Å². The Morgan fingerprint density at radius 1 is 1.18 bits per heavy atom. The lowest BCUT2D eigenvalue weighted by molar-refractivity contribution is -0.131. The van der Waals surface area contributed by atoms with Crippen LogP contribution in [-0.2, 0) is 17.6 Å². The van der Waals surface area contributed by atoms with Crippen molar-refractivity contribution in [1.29, 1.82) is 0 Å². The summed E-state index contributed by atoms with van der Waals surface area (Å²) in [5, 5.41) is 8.60. The molecule has 0 atom stereocenters. The van der Waals surface area contributed by atoms with Crippen LogP contribution < -0.4 is 0 Å². The van der Waals surface area contributed by atoms with Crippen LogP contribution in [0, 0.1) is 0 Å². The number of benzene rings is 1. The minimum atomic E-state index is -0.860. The van der Waals surface area contributed by atoms with Crippen molar-refractivity contribution in [2.75, 3.05) is 0 Å². The summed E-state index contributed by atoms with van der Waals surface area (Å²) < 4.78 is 0. The van der Waals surface area contributed by atoms with Gasteiger partial charge in [-0.2, -0.15) is 0 Å². The second kappa shape index (κ2) is 6.89. The predicted molar refractivity (Wildman–Crippen MR) is 70.2 cm³/mol. The van der Waals surface area contributed by atoms with E-state index in [0.29, 0.717) is 0 Å². The molecule has 1 aromatic carbocycles. The van der Waals surface area contributed by atoms with Crippen LogP contribution in [-0.4, -0.2) is 11.1 Å². The van der Waals surface area contributed by atoms with Gasteiger partial charge in [-0.3, -0.25) is 0 Å². The average Bonchev–Trinajstić information content (AvgIpc) is 2.28. The number of carboxylic acid groups (broad SMARTS) is 1. The smallest absolute Gasteiger partial charge is 0.328 e. The van der Waals surface area contributed by atoms with E-state index in [0.717, 1.165) is 24.8 Å². The minimum Gasteiger partial charge on any atom is -0.478 e. The van der Waals surface area contributed by atoms with Gasteiger partial charge in [-0.15, -0.1) is 0 Å². The van der Waals surface area contributed by atoms with Crippen molar-refractivity contribution < 1.29 is 9.90 Å². The van der Waals surface area contributed by atoms with Crippen LogP contribution in [0.3, 0.4) is 0 Å². The van der Waals surface area contributed by atoms with Crippen LogP contribution in [0.15, 0.2) is 35.9 Å². The molecular weight excluding hydrogens is 212 g/mol. The molecule has 0 saturated carbocycles. The first-order valence-electron chi connectivity index (χ1n) is 6.09. The van der Waals surface area contributed by atoms with Crippen LogP contribution in [0.4, 0.5) is 0 Å². The van der Waals surface area contributed by atoms with E-state index in [4.69, 9.17) is 5.11 Å². The molecule has 92 valence electrons.